The highest BCUT2D eigenvalue weighted by Gasteiger charge is 2.29. The summed E-state index contributed by atoms with van der Waals surface area (Å²) in [6.45, 7) is 4.78. The molecule has 108 valence electrons. The molecule has 0 spiro atoms. The summed E-state index contributed by atoms with van der Waals surface area (Å²) in [5.41, 5.74) is 5.64. The van der Waals surface area contributed by atoms with E-state index < -0.39 is 31.2 Å². The summed E-state index contributed by atoms with van der Waals surface area (Å²) in [4.78, 5) is 0.269. The lowest BCUT2D eigenvalue weighted by molar-refractivity contribution is 0.561. The van der Waals surface area contributed by atoms with Gasteiger partial charge in [-0.3, -0.25) is 4.21 Å². The van der Waals surface area contributed by atoms with Gasteiger partial charge in [0, 0.05) is 5.75 Å². The second-order valence-electron chi connectivity index (χ2n) is 5.16. The van der Waals surface area contributed by atoms with Crippen molar-refractivity contribution in [1.82, 2.24) is 0 Å². The third-order valence-corrected chi connectivity index (χ3v) is 6.99. The van der Waals surface area contributed by atoms with Crippen molar-refractivity contribution in [3.63, 3.8) is 0 Å². The molecule has 0 bridgehead atoms. The first-order chi connectivity index (χ1) is 8.54. The monoisotopic (exact) mass is 307 g/mol. The molecule has 1 aromatic rings. The molecule has 0 aromatic heterocycles. The van der Waals surface area contributed by atoms with Crippen LogP contribution in [0.15, 0.2) is 23.1 Å². The number of sulfone groups is 1. The van der Waals surface area contributed by atoms with Crippen molar-refractivity contribution < 1.29 is 17.0 Å². The normalized spacial score (nSPS) is 14.3. The van der Waals surface area contributed by atoms with Gasteiger partial charge in [-0.1, -0.05) is 0 Å². The zero-order chi connectivity index (χ0) is 14.8. The Morgan fingerprint density at radius 2 is 1.89 bits per heavy atom. The average Bonchev–Trinajstić information content (AvgIpc) is 2.24. The van der Waals surface area contributed by atoms with Gasteiger partial charge < -0.3 is 5.73 Å². The quantitative estimate of drug-likeness (QED) is 0.859. The van der Waals surface area contributed by atoms with Crippen LogP contribution >= 0.6 is 0 Å². The third-order valence-electron chi connectivity index (χ3n) is 2.69. The smallest absolute Gasteiger partial charge is 0.156 e. The van der Waals surface area contributed by atoms with Crippen LogP contribution in [-0.2, 0) is 20.6 Å². The maximum atomic E-state index is 12.9. The van der Waals surface area contributed by atoms with E-state index in [1.807, 2.05) is 0 Å². The molecule has 7 heteroatoms. The first-order valence-corrected chi connectivity index (χ1v) is 8.67. The molecule has 0 fully saturated rings. The minimum absolute atomic E-state index is 0.0462. The van der Waals surface area contributed by atoms with Crippen molar-refractivity contribution in [2.75, 3.05) is 17.2 Å². The number of halogens is 1. The van der Waals surface area contributed by atoms with E-state index in [0.29, 0.717) is 0 Å². The Balaban J connectivity index is 2.82. The topological polar surface area (TPSA) is 77.2 Å². The molecule has 0 heterocycles. The van der Waals surface area contributed by atoms with Crippen molar-refractivity contribution in [3.8, 4) is 0 Å². The van der Waals surface area contributed by atoms with Gasteiger partial charge in [-0.25, -0.2) is 12.8 Å². The van der Waals surface area contributed by atoms with Crippen LogP contribution in [0.25, 0.3) is 0 Å². The number of nitrogen functional groups attached to an aromatic ring is 1. The predicted octanol–water partition coefficient (Wildman–Crippen LogP) is 1.73. The Morgan fingerprint density at radius 3 is 2.37 bits per heavy atom. The highest BCUT2D eigenvalue weighted by molar-refractivity contribution is 7.94. The van der Waals surface area contributed by atoms with E-state index in [2.05, 4.69) is 0 Å². The van der Waals surface area contributed by atoms with E-state index in [4.69, 9.17) is 5.73 Å². The fourth-order valence-electron chi connectivity index (χ4n) is 1.33. The minimum Gasteiger partial charge on any atom is -0.398 e. The molecule has 0 saturated carbocycles. The van der Waals surface area contributed by atoms with Crippen LogP contribution in [0.2, 0.25) is 0 Å². The number of nitrogens with two attached hydrogens (primary N) is 1. The number of benzene rings is 1. The summed E-state index contributed by atoms with van der Waals surface area (Å²) in [5.74, 6) is -0.754. The molecular formula is C12H18FNO3S2. The van der Waals surface area contributed by atoms with Gasteiger partial charge in [-0.2, -0.15) is 0 Å². The molecular weight excluding hydrogens is 289 g/mol. The van der Waals surface area contributed by atoms with Gasteiger partial charge >= 0.3 is 0 Å². The fourth-order valence-corrected chi connectivity index (χ4v) is 4.19. The number of anilines is 1. The largest absolute Gasteiger partial charge is 0.398 e. The second-order valence-corrected chi connectivity index (χ2v) is 9.56. The summed E-state index contributed by atoms with van der Waals surface area (Å²) in [5, 5.41) is 0. The molecule has 4 nitrogen and oxygen atoms in total. The van der Waals surface area contributed by atoms with Crippen molar-refractivity contribution in [1.29, 1.82) is 0 Å². The van der Waals surface area contributed by atoms with E-state index >= 15 is 0 Å². The minimum atomic E-state index is -3.33. The van der Waals surface area contributed by atoms with Gasteiger partial charge in [0.25, 0.3) is 0 Å². The van der Waals surface area contributed by atoms with E-state index in [1.54, 1.807) is 20.8 Å². The number of rotatable bonds is 4. The van der Waals surface area contributed by atoms with E-state index in [-0.39, 0.29) is 22.1 Å². The Labute approximate surface area is 115 Å². The molecule has 0 aliphatic heterocycles. The summed E-state index contributed by atoms with van der Waals surface area (Å²) in [6, 6.07) is 3.55. The van der Waals surface area contributed by atoms with Gasteiger partial charge in [0.2, 0.25) is 0 Å². The highest BCUT2D eigenvalue weighted by Crippen LogP contribution is 2.20. The van der Waals surface area contributed by atoms with Gasteiger partial charge in [-0.05, 0) is 39.0 Å². The summed E-state index contributed by atoms with van der Waals surface area (Å²) < 4.78 is 47.8. The van der Waals surface area contributed by atoms with E-state index in [0.717, 1.165) is 12.1 Å². The fraction of sp³-hybridized carbons (Fsp3) is 0.500. The summed E-state index contributed by atoms with van der Waals surface area (Å²) in [6.07, 6.45) is 0. The lowest BCUT2D eigenvalue weighted by atomic mass is 10.3. The zero-order valence-electron chi connectivity index (χ0n) is 11.1. The molecule has 1 aromatic carbocycles. The molecule has 1 rings (SSSR count). The molecule has 2 N–H and O–H groups in total. The van der Waals surface area contributed by atoms with Crippen molar-refractivity contribution in [2.45, 2.75) is 30.4 Å². The van der Waals surface area contributed by atoms with Crippen LogP contribution in [0.3, 0.4) is 0 Å². The summed E-state index contributed by atoms with van der Waals surface area (Å²) in [7, 11) is -4.89. The Bertz CT molecular complexity index is 591. The average molecular weight is 307 g/mol. The maximum Gasteiger partial charge on any atom is 0.156 e. The molecule has 1 unspecified atom stereocenters. The zero-order valence-corrected chi connectivity index (χ0v) is 12.8. The Hall–Kier alpha value is -0.950. The van der Waals surface area contributed by atoms with Crippen LogP contribution in [0.4, 0.5) is 10.1 Å². The first kappa shape index (κ1) is 16.1. The lowest BCUT2D eigenvalue weighted by Gasteiger charge is -2.18. The van der Waals surface area contributed by atoms with Gasteiger partial charge in [0.05, 0.1) is 31.9 Å². The molecule has 19 heavy (non-hydrogen) atoms. The van der Waals surface area contributed by atoms with Crippen LogP contribution in [0.5, 0.6) is 0 Å². The third kappa shape index (κ3) is 4.01. The summed E-state index contributed by atoms with van der Waals surface area (Å²) >= 11 is 0. The van der Waals surface area contributed by atoms with E-state index in [9.17, 15) is 17.0 Å². The van der Waals surface area contributed by atoms with Gasteiger partial charge in [0.15, 0.2) is 9.84 Å². The SMILES string of the molecule is CC(C)(C)S(=O)(=O)CCS(=O)c1ccc(F)cc1N. The number of hydrogen-bond acceptors (Lipinski definition) is 4. The van der Waals surface area contributed by atoms with Crippen LogP contribution in [0.1, 0.15) is 20.8 Å². The Kier molecular flexibility index (Phi) is 4.73. The molecule has 0 aliphatic carbocycles. The van der Waals surface area contributed by atoms with Crippen LogP contribution in [-0.4, -0.2) is 28.9 Å². The molecule has 0 amide bonds. The van der Waals surface area contributed by atoms with Crippen molar-refractivity contribution in [2.24, 2.45) is 0 Å². The Morgan fingerprint density at radius 1 is 1.32 bits per heavy atom. The highest BCUT2D eigenvalue weighted by atomic mass is 32.2. The lowest BCUT2D eigenvalue weighted by Crippen LogP contribution is -2.32. The molecule has 1 atom stereocenters. The number of hydrogen-bond donors (Lipinski definition) is 1. The first-order valence-electron chi connectivity index (χ1n) is 5.70. The molecule has 0 radical (unpaired) electrons. The van der Waals surface area contributed by atoms with Gasteiger partial charge in [0.1, 0.15) is 5.82 Å². The van der Waals surface area contributed by atoms with Gasteiger partial charge in [-0.15, -0.1) is 0 Å². The van der Waals surface area contributed by atoms with Crippen molar-refractivity contribution >= 4 is 26.3 Å². The standard InChI is InChI=1S/C12H18FNO3S2/c1-12(2,3)19(16,17)7-6-18(15)11-5-4-9(13)8-10(11)14/h4-5,8H,6-7,14H2,1-3H3. The van der Waals surface area contributed by atoms with Crippen LogP contribution in [0, 0.1) is 5.82 Å². The molecule has 0 saturated heterocycles. The van der Waals surface area contributed by atoms with E-state index in [1.165, 1.54) is 6.07 Å². The predicted molar refractivity (Wildman–Crippen MR) is 75.6 cm³/mol. The van der Waals surface area contributed by atoms with Crippen molar-refractivity contribution in [3.05, 3.63) is 24.0 Å². The second kappa shape index (κ2) is 5.58. The maximum absolute atomic E-state index is 12.9. The van der Waals surface area contributed by atoms with Crippen LogP contribution < -0.4 is 5.73 Å². The molecule has 0 aliphatic rings.